The number of morpholine rings is 2. The van der Waals surface area contributed by atoms with Gasteiger partial charge in [0.15, 0.2) is 15.5 Å². The Balaban J connectivity index is 1.45. The van der Waals surface area contributed by atoms with Crippen LogP contribution in [0.5, 0.6) is 0 Å². The summed E-state index contributed by atoms with van der Waals surface area (Å²) in [6, 6.07) is 11.2. The van der Waals surface area contributed by atoms with Crippen LogP contribution >= 0.6 is 0 Å². The molecule has 10 nitrogen and oxygen atoms in total. The van der Waals surface area contributed by atoms with Crippen LogP contribution in [0.3, 0.4) is 0 Å². The van der Waals surface area contributed by atoms with Crippen molar-refractivity contribution in [2.45, 2.75) is 36.2 Å². The minimum absolute atomic E-state index is 0.0493. The Bertz CT molecular complexity index is 1570. The van der Waals surface area contributed by atoms with Gasteiger partial charge in [0, 0.05) is 36.8 Å². The summed E-state index contributed by atoms with van der Waals surface area (Å²) in [5.41, 5.74) is 2.27. The first-order valence-electron chi connectivity index (χ1n) is 13.2. The van der Waals surface area contributed by atoms with E-state index in [0.29, 0.717) is 36.9 Å². The third-order valence-electron chi connectivity index (χ3n) is 7.71. The fourth-order valence-electron chi connectivity index (χ4n) is 5.59. The Kier molecular flexibility index (Phi) is 7.03. The maximum atomic E-state index is 14.9. The van der Waals surface area contributed by atoms with Crippen LogP contribution in [-0.4, -0.2) is 91.8 Å². The largest absolute Gasteiger partial charge is 0.379 e. The quantitative estimate of drug-likeness (QED) is 0.431. The highest BCUT2D eigenvalue weighted by atomic mass is 32.2. The van der Waals surface area contributed by atoms with Crippen molar-refractivity contribution in [3.8, 4) is 16.9 Å². The number of ether oxygens (including phenoxy) is 2. The van der Waals surface area contributed by atoms with Gasteiger partial charge >= 0.3 is 0 Å². The Labute approximate surface area is 231 Å². The molecular formula is C28H29FN4O6S. The predicted molar refractivity (Wildman–Crippen MR) is 142 cm³/mol. The average Bonchev–Trinajstić information content (AvgIpc) is 3.32. The van der Waals surface area contributed by atoms with E-state index in [1.54, 1.807) is 0 Å². The zero-order valence-electron chi connectivity index (χ0n) is 22.0. The molecule has 12 heteroatoms. The van der Waals surface area contributed by atoms with E-state index in [9.17, 15) is 22.4 Å². The van der Waals surface area contributed by atoms with Gasteiger partial charge in [-0.15, -0.1) is 0 Å². The van der Waals surface area contributed by atoms with E-state index < -0.39 is 38.3 Å². The second-order valence-corrected chi connectivity index (χ2v) is 12.2. The Morgan fingerprint density at radius 2 is 1.85 bits per heavy atom. The number of fused-ring (bicyclic) bond motifs is 3. The number of aldehydes is 1. The summed E-state index contributed by atoms with van der Waals surface area (Å²) in [4.78, 5) is 28.7. The zero-order chi connectivity index (χ0) is 28.0. The third-order valence-corrected chi connectivity index (χ3v) is 9.41. The number of carbonyl (C=O) groups is 2. The third kappa shape index (κ3) is 4.64. The molecular weight excluding hydrogens is 539 g/mol. The van der Waals surface area contributed by atoms with Gasteiger partial charge in [-0.05, 0) is 30.7 Å². The number of hydrogen-bond acceptors (Lipinski definition) is 8. The van der Waals surface area contributed by atoms with Gasteiger partial charge in [0.05, 0.1) is 43.6 Å². The number of benzene rings is 2. The van der Waals surface area contributed by atoms with Crippen molar-refractivity contribution in [1.82, 2.24) is 19.6 Å². The number of hydrogen-bond donors (Lipinski definition) is 0. The predicted octanol–water partition coefficient (Wildman–Crippen LogP) is 2.23. The molecule has 3 aliphatic rings. The number of halogens is 1. The minimum atomic E-state index is -4.10. The standard InChI is InChI=1S/C28H29FN4O6S/c1-18-15-38-11-9-31(18)13-19-5-7-20(8-6-19)33-26-22-3-2-4-24(29)27(22)40(36,37)17-23(26)25(30-33)28(35)32-10-12-39-16-21(32)14-34/h2-8,14,18,21H,9-13,15-17H2,1H3. The summed E-state index contributed by atoms with van der Waals surface area (Å²) < 4.78 is 53.8. The van der Waals surface area contributed by atoms with Crippen molar-refractivity contribution in [3.63, 3.8) is 0 Å². The fourth-order valence-corrected chi connectivity index (χ4v) is 7.26. The van der Waals surface area contributed by atoms with E-state index in [-0.39, 0.29) is 36.6 Å². The second kappa shape index (κ2) is 10.5. The summed E-state index contributed by atoms with van der Waals surface area (Å²) in [5.74, 6) is -2.00. The van der Waals surface area contributed by atoms with Gasteiger partial charge in [-0.25, -0.2) is 17.5 Å². The molecule has 0 spiro atoms. The van der Waals surface area contributed by atoms with Crippen LogP contribution in [-0.2, 0) is 36.4 Å². The smallest absolute Gasteiger partial charge is 0.275 e. The van der Waals surface area contributed by atoms with Gasteiger partial charge in [-0.2, -0.15) is 5.10 Å². The molecule has 1 aromatic heterocycles. The normalized spacial score (nSPS) is 22.4. The van der Waals surface area contributed by atoms with Crippen LogP contribution in [0, 0.1) is 5.82 Å². The highest BCUT2D eigenvalue weighted by Gasteiger charge is 2.40. The molecule has 40 heavy (non-hydrogen) atoms. The van der Waals surface area contributed by atoms with Crippen molar-refractivity contribution in [3.05, 3.63) is 65.1 Å². The van der Waals surface area contributed by atoms with Gasteiger partial charge in [0.1, 0.15) is 23.0 Å². The molecule has 2 aromatic carbocycles. The molecule has 2 atom stereocenters. The summed E-state index contributed by atoms with van der Waals surface area (Å²) in [7, 11) is -4.10. The SMILES string of the molecule is CC1COCCN1Cc1ccc(-n2nc(C(=O)N3CCOCC3C=O)c3c2-c2cccc(F)c2S(=O)(=O)C3)cc1. The summed E-state index contributed by atoms with van der Waals surface area (Å²) in [5, 5.41) is 4.61. The number of sulfone groups is 1. The molecule has 3 aromatic rings. The molecule has 0 N–H and O–H groups in total. The fraction of sp³-hybridized carbons (Fsp3) is 0.393. The molecule has 3 aliphatic heterocycles. The van der Waals surface area contributed by atoms with Crippen LogP contribution in [0.15, 0.2) is 47.4 Å². The molecule has 2 saturated heterocycles. The van der Waals surface area contributed by atoms with Crippen molar-refractivity contribution in [1.29, 1.82) is 0 Å². The average molecular weight is 569 g/mol. The molecule has 210 valence electrons. The summed E-state index contributed by atoms with van der Waals surface area (Å²) in [6.07, 6.45) is 0.635. The van der Waals surface area contributed by atoms with Crippen molar-refractivity contribution < 1.29 is 31.9 Å². The molecule has 6 rings (SSSR count). The number of carbonyl (C=O) groups excluding carboxylic acids is 2. The lowest BCUT2D eigenvalue weighted by molar-refractivity contribution is -0.116. The maximum absolute atomic E-state index is 14.9. The molecule has 0 bridgehead atoms. The Hall–Kier alpha value is -3.45. The summed E-state index contributed by atoms with van der Waals surface area (Å²) in [6.45, 7) is 5.52. The van der Waals surface area contributed by atoms with Crippen LogP contribution in [0.1, 0.15) is 28.5 Å². The molecule has 2 unspecified atom stereocenters. The van der Waals surface area contributed by atoms with E-state index in [1.165, 1.54) is 21.7 Å². The monoisotopic (exact) mass is 568 g/mol. The van der Waals surface area contributed by atoms with Crippen LogP contribution in [0.4, 0.5) is 4.39 Å². The molecule has 2 fully saturated rings. The van der Waals surface area contributed by atoms with Crippen molar-refractivity contribution in [2.24, 2.45) is 0 Å². The van der Waals surface area contributed by atoms with E-state index in [1.807, 2.05) is 24.3 Å². The molecule has 0 aliphatic carbocycles. The highest BCUT2D eigenvalue weighted by Crippen LogP contribution is 2.42. The van der Waals surface area contributed by atoms with E-state index >= 15 is 0 Å². The first-order chi connectivity index (χ1) is 19.3. The summed E-state index contributed by atoms with van der Waals surface area (Å²) >= 11 is 0. The number of rotatable bonds is 5. The van der Waals surface area contributed by atoms with Gasteiger partial charge in [0.2, 0.25) is 0 Å². The van der Waals surface area contributed by atoms with Crippen LogP contribution in [0.25, 0.3) is 16.9 Å². The van der Waals surface area contributed by atoms with E-state index in [4.69, 9.17) is 9.47 Å². The lowest BCUT2D eigenvalue weighted by Gasteiger charge is -2.33. The lowest BCUT2D eigenvalue weighted by atomic mass is 10.0. The van der Waals surface area contributed by atoms with Crippen molar-refractivity contribution in [2.75, 3.05) is 39.5 Å². The molecule has 1 amide bonds. The topological polar surface area (TPSA) is 111 Å². The number of amides is 1. The molecule has 0 saturated carbocycles. The lowest BCUT2D eigenvalue weighted by Crippen LogP contribution is -2.49. The van der Waals surface area contributed by atoms with E-state index in [2.05, 4.69) is 16.9 Å². The second-order valence-electron chi connectivity index (χ2n) is 10.3. The maximum Gasteiger partial charge on any atom is 0.275 e. The van der Waals surface area contributed by atoms with Gasteiger partial charge in [-0.1, -0.05) is 24.3 Å². The van der Waals surface area contributed by atoms with Gasteiger partial charge in [-0.3, -0.25) is 9.69 Å². The zero-order valence-corrected chi connectivity index (χ0v) is 22.8. The molecule has 0 radical (unpaired) electrons. The van der Waals surface area contributed by atoms with Gasteiger partial charge < -0.3 is 19.2 Å². The first kappa shape index (κ1) is 26.8. The molecule has 4 heterocycles. The first-order valence-corrected chi connectivity index (χ1v) is 14.8. The van der Waals surface area contributed by atoms with Crippen molar-refractivity contribution >= 4 is 22.0 Å². The van der Waals surface area contributed by atoms with Crippen LogP contribution < -0.4 is 0 Å². The van der Waals surface area contributed by atoms with E-state index in [0.717, 1.165) is 24.7 Å². The Morgan fingerprint density at radius 1 is 1.10 bits per heavy atom. The van der Waals surface area contributed by atoms with Crippen LogP contribution in [0.2, 0.25) is 0 Å². The Morgan fingerprint density at radius 3 is 2.60 bits per heavy atom. The highest BCUT2D eigenvalue weighted by molar-refractivity contribution is 7.91. The number of nitrogens with zero attached hydrogens (tertiary/aromatic N) is 4. The van der Waals surface area contributed by atoms with Gasteiger partial charge in [0.25, 0.3) is 5.91 Å². The minimum Gasteiger partial charge on any atom is -0.379 e. The number of aromatic nitrogens is 2.